The van der Waals surface area contributed by atoms with Crippen LogP contribution in [-0.2, 0) is 11.3 Å². The zero-order valence-corrected chi connectivity index (χ0v) is 12.6. The van der Waals surface area contributed by atoms with Crippen LogP contribution in [0.4, 0.5) is 0 Å². The molecule has 0 aliphatic carbocycles. The third-order valence-corrected chi connectivity index (χ3v) is 5.80. The molecule has 3 heteroatoms. The van der Waals surface area contributed by atoms with E-state index in [4.69, 9.17) is 4.74 Å². The smallest absolute Gasteiger partial charge is 0.0749 e. The minimum absolute atomic E-state index is 0.375. The maximum Gasteiger partial charge on any atom is 0.0749 e. The Morgan fingerprint density at radius 2 is 1.76 bits per heavy atom. The molecule has 21 heavy (non-hydrogen) atoms. The molecular weight excluding hydrogens is 262 g/mol. The molecule has 3 saturated heterocycles. The molecule has 2 bridgehead atoms. The lowest BCUT2D eigenvalue weighted by molar-refractivity contribution is -0.190. The van der Waals surface area contributed by atoms with Gasteiger partial charge in [0.2, 0.25) is 0 Å². The molecule has 0 saturated carbocycles. The summed E-state index contributed by atoms with van der Waals surface area (Å²) in [6.45, 7) is 2.55. The van der Waals surface area contributed by atoms with Crippen molar-refractivity contribution in [1.29, 1.82) is 0 Å². The van der Waals surface area contributed by atoms with Crippen LogP contribution >= 0.6 is 0 Å². The van der Waals surface area contributed by atoms with E-state index in [1.165, 1.54) is 24.8 Å². The van der Waals surface area contributed by atoms with Gasteiger partial charge in [-0.25, -0.2) is 0 Å². The van der Waals surface area contributed by atoms with Crippen LogP contribution < -0.4 is 0 Å². The summed E-state index contributed by atoms with van der Waals surface area (Å²) in [6, 6.07) is 11.9. The molecule has 4 rings (SSSR count). The molecule has 0 aromatic heterocycles. The van der Waals surface area contributed by atoms with Crippen molar-refractivity contribution in [3.63, 3.8) is 0 Å². The van der Waals surface area contributed by atoms with Crippen molar-refractivity contribution in [3.8, 4) is 0 Å². The zero-order valence-electron chi connectivity index (χ0n) is 12.6. The summed E-state index contributed by atoms with van der Waals surface area (Å²) in [4.78, 5) is 2.66. The second-order valence-electron chi connectivity index (χ2n) is 7.14. The molecule has 3 aliphatic heterocycles. The molecule has 3 aliphatic rings. The van der Waals surface area contributed by atoms with E-state index in [0.29, 0.717) is 18.0 Å². The molecule has 1 aromatic rings. The Morgan fingerprint density at radius 3 is 2.33 bits per heavy atom. The molecule has 3 nitrogen and oxygen atoms in total. The second kappa shape index (κ2) is 5.38. The highest BCUT2D eigenvalue weighted by molar-refractivity contribution is 5.16. The first kappa shape index (κ1) is 13.7. The van der Waals surface area contributed by atoms with Gasteiger partial charge in [-0.3, -0.25) is 4.90 Å². The lowest BCUT2D eigenvalue weighted by Gasteiger charge is -2.55. The van der Waals surface area contributed by atoms with Crippen LogP contribution in [0.5, 0.6) is 0 Å². The highest BCUT2D eigenvalue weighted by Gasteiger charge is 2.50. The van der Waals surface area contributed by atoms with E-state index in [9.17, 15) is 5.11 Å². The van der Waals surface area contributed by atoms with E-state index in [2.05, 4.69) is 35.2 Å². The van der Waals surface area contributed by atoms with Crippen molar-refractivity contribution in [3.05, 3.63) is 35.9 Å². The third-order valence-electron chi connectivity index (χ3n) is 5.80. The number of nitrogens with zero attached hydrogens (tertiary/aromatic N) is 1. The van der Waals surface area contributed by atoms with Gasteiger partial charge in [-0.15, -0.1) is 0 Å². The minimum Gasteiger partial charge on any atom is -0.389 e. The first-order valence-corrected chi connectivity index (χ1v) is 8.34. The van der Waals surface area contributed by atoms with Crippen LogP contribution in [0.25, 0.3) is 0 Å². The summed E-state index contributed by atoms with van der Waals surface area (Å²) in [5.74, 6) is 0.375. The van der Waals surface area contributed by atoms with E-state index in [1.54, 1.807) is 0 Å². The minimum atomic E-state index is -0.471. The van der Waals surface area contributed by atoms with Crippen molar-refractivity contribution < 1.29 is 9.84 Å². The lowest BCUT2D eigenvalue weighted by atomic mass is 9.69. The highest BCUT2D eigenvalue weighted by atomic mass is 16.5. The average Bonchev–Trinajstić information content (AvgIpc) is 2.39. The molecule has 0 spiro atoms. The van der Waals surface area contributed by atoms with Crippen molar-refractivity contribution in [2.75, 3.05) is 13.2 Å². The lowest BCUT2D eigenvalue weighted by Crippen LogP contribution is -2.62. The predicted molar refractivity (Wildman–Crippen MR) is 81.9 cm³/mol. The number of rotatable bonds is 3. The molecule has 2 atom stereocenters. The van der Waals surface area contributed by atoms with Gasteiger partial charge in [0.1, 0.15) is 0 Å². The van der Waals surface area contributed by atoms with Crippen LogP contribution in [0.15, 0.2) is 30.3 Å². The van der Waals surface area contributed by atoms with Gasteiger partial charge < -0.3 is 9.84 Å². The fourth-order valence-electron chi connectivity index (χ4n) is 4.49. The quantitative estimate of drug-likeness (QED) is 0.927. The van der Waals surface area contributed by atoms with Gasteiger partial charge >= 0.3 is 0 Å². The number of ether oxygens (including phenoxy) is 1. The SMILES string of the molecule is OC1(C2COC2)CC2CCCC(C1)N2Cc1ccccc1. The molecule has 3 fully saturated rings. The highest BCUT2D eigenvalue weighted by Crippen LogP contribution is 2.44. The standard InChI is InChI=1S/C18H25NO2/c20-18(15-12-21-13-15)9-16-7-4-8-17(10-18)19(16)11-14-5-2-1-3-6-14/h1-3,5-6,15-17,20H,4,7-13H2. The summed E-state index contributed by atoms with van der Waals surface area (Å²) in [7, 11) is 0. The second-order valence-corrected chi connectivity index (χ2v) is 7.14. The number of aliphatic hydroxyl groups is 1. The van der Waals surface area contributed by atoms with Gasteiger partial charge in [0.05, 0.1) is 18.8 Å². The van der Waals surface area contributed by atoms with Crippen LogP contribution in [-0.4, -0.2) is 40.9 Å². The van der Waals surface area contributed by atoms with E-state index in [1.807, 2.05) is 0 Å². The molecule has 0 amide bonds. The number of hydrogen-bond donors (Lipinski definition) is 1. The van der Waals surface area contributed by atoms with E-state index in [-0.39, 0.29) is 0 Å². The predicted octanol–water partition coefficient (Wildman–Crippen LogP) is 2.58. The fourth-order valence-corrected chi connectivity index (χ4v) is 4.49. The number of fused-ring (bicyclic) bond motifs is 2. The molecule has 1 N–H and O–H groups in total. The van der Waals surface area contributed by atoms with Crippen LogP contribution in [0, 0.1) is 5.92 Å². The first-order chi connectivity index (χ1) is 10.2. The van der Waals surface area contributed by atoms with E-state index < -0.39 is 5.60 Å². The summed E-state index contributed by atoms with van der Waals surface area (Å²) in [5.41, 5.74) is 0.924. The normalized spacial score (nSPS) is 37.2. The summed E-state index contributed by atoms with van der Waals surface area (Å²) in [6.07, 6.45) is 5.66. The Balaban J connectivity index is 1.51. The first-order valence-electron chi connectivity index (χ1n) is 8.34. The molecular formula is C18H25NO2. The van der Waals surface area contributed by atoms with Crippen molar-refractivity contribution in [1.82, 2.24) is 4.90 Å². The van der Waals surface area contributed by atoms with Crippen molar-refractivity contribution in [2.24, 2.45) is 5.92 Å². The molecule has 0 radical (unpaired) electrons. The molecule has 3 heterocycles. The average molecular weight is 287 g/mol. The Labute approximate surface area is 126 Å². The van der Waals surface area contributed by atoms with Gasteiger partial charge in [0.15, 0.2) is 0 Å². The summed E-state index contributed by atoms with van der Waals surface area (Å²) >= 11 is 0. The molecule has 114 valence electrons. The van der Waals surface area contributed by atoms with Gasteiger partial charge in [0.25, 0.3) is 0 Å². The largest absolute Gasteiger partial charge is 0.389 e. The van der Waals surface area contributed by atoms with Gasteiger partial charge in [-0.1, -0.05) is 36.8 Å². The Hall–Kier alpha value is -0.900. The third kappa shape index (κ3) is 2.52. The van der Waals surface area contributed by atoms with Gasteiger partial charge in [-0.05, 0) is 31.2 Å². The number of piperidine rings is 2. The van der Waals surface area contributed by atoms with Crippen LogP contribution in [0.2, 0.25) is 0 Å². The summed E-state index contributed by atoms with van der Waals surface area (Å²) in [5, 5.41) is 11.1. The summed E-state index contributed by atoms with van der Waals surface area (Å²) < 4.78 is 5.32. The van der Waals surface area contributed by atoms with Crippen molar-refractivity contribution >= 4 is 0 Å². The monoisotopic (exact) mass is 287 g/mol. The van der Waals surface area contributed by atoms with Crippen LogP contribution in [0.1, 0.15) is 37.7 Å². The van der Waals surface area contributed by atoms with Gasteiger partial charge in [-0.2, -0.15) is 0 Å². The zero-order chi connectivity index (χ0) is 14.3. The van der Waals surface area contributed by atoms with Crippen LogP contribution in [0.3, 0.4) is 0 Å². The van der Waals surface area contributed by atoms with E-state index >= 15 is 0 Å². The van der Waals surface area contributed by atoms with Gasteiger partial charge in [0, 0.05) is 24.5 Å². The Kier molecular flexibility index (Phi) is 3.52. The van der Waals surface area contributed by atoms with E-state index in [0.717, 1.165) is 32.6 Å². The maximum absolute atomic E-state index is 11.1. The molecule has 2 unspecified atom stereocenters. The number of benzene rings is 1. The van der Waals surface area contributed by atoms with Crippen molar-refractivity contribution in [2.45, 2.75) is 56.3 Å². The topological polar surface area (TPSA) is 32.7 Å². The fraction of sp³-hybridized carbons (Fsp3) is 0.667. The molecule has 1 aromatic carbocycles. The Morgan fingerprint density at radius 1 is 1.10 bits per heavy atom. The maximum atomic E-state index is 11.1. The number of hydrogen-bond acceptors (Lipinski definition) is 3. The Bertz CT molecular complexity index is 471.